The zero-order valence-electron chi connectivity index (χ0n) is 16.0. The largest absolute Gasteiger partial charge is 0.379 e. The van der Waals surface area contributed by atoms with E-state index >= 15 is 0 Å². The van der Waals surface area contributed by atoms with Crippen molar-refractivity contribution in [2.24, 2.45) is 7.05 Å². The molecule has 1 saturated heterocycles. The number of hydrogen-bond donors (Lipinski definition) is 1. The highest BCUT2D eigenvalue weighted by Gasteiger charge is 2.15. The second kappa shape index (κ2) is 8.44. The van der Waals surface area contributed by atoms with E-state index in [1.165, 1.54) is 21.1 Å². The Morgan fingerprint density at radius 3 is 2.69 bits per heavy atom. The number of benzene rings is 1. The number of rotatable bonds is 5. The number of amides is 1. The van der Waals surface area contributed by atoms with Gasteiger partial charge in [0.2, 0.25) is 5.91 Å². The van der Waals surface area contributed by atoms with Crippen molar-refractivity contribution in [1.29, 1.82) is 0 Å². The molecule has 0 aliphatic carbocycles. The lowest BCUT2D eigenvalue weighted by Crippen LogP contribution is -2.35. The summed E-state index contributed by atoms with van der Waals surface area (Å²) in [6.07, 6.45) is 1.36. The first kappa shape index (κ1) is 19.7. The molecule has 152 valence electrons. The van der Waals surface area contributed by atoms with Gasteiger partial charge in [-0.15, -0.1) is 0 Å². The molecule has 0 spiro atoms. The van der Waals surface area contributed by atoms with Crippen molar-refractivity contribution in [3.05, 3.63) is 51.1 Å². The highest BCUT2D eigenvalue weighted by Crippen LogP contribution is 2.17. The van der Waals surface area contributed by atoms with Crippen LogP contribution < -0.4 is 10.9 Å². The van der Waals surface area contributed by atoms with Gasteiger partial charge in [0.1, 0.15) is 22.9 Å². The van der Waals surface area contributed by atoms with Crippen LogP contribution in [0, 0.1) is 0 Å². The van der Waals surface area contributed by atoms with Crippen LogP contribution in [0.1, 0.15) is 5.56 Å². The third kappa shape index (κ3) is 4.39. The van der Waals surface area contributed by atoms with E-state index < -0.39 is 0 Å². The average Bonchev–Trinajstić information content (AvgIpc) is 3.00. The molecule has 4 rings (SSSR count). The fourth-order valence-corrected chi connectivity index (χ4v) is 3.90. The minimum absolute atomic E-state index is 0.126. The average molecular weight is 461 g/mol. The number of nitrogens with zero attached hydrogens (tertiary/aromatic N) is 5. The van der Waals surface area contributed by atoms with E-state index in [0.717, 1.165) is 32.8 Å². The number of anilines is 1. The van der Waals surface area contributed by atoms with Crippen LogP contribution in [0.5, 0.6) is 0 Å². The van der Waals surface area contributed by atoms with Crippen LogP contribution in [0.2, 0.25) is 0 Å². The smallest absolute Gasteiger partial charge is 0.266 e. The Hall–Kier alpha value is -2.56. The molecule has 1 aromatic carbocycles. The third-order valence-corrected chi connectivity index (χ3v) is 5.38. The molecule has 2 aromatic heterocycles. The molecule has 1 aliphatic rings. The molecule has 1 fully saturated rings. The van der Waals surface area contributed by atoms with E-state index in [0.29, 0.717) is 21.3 Å². The maximum atomic E-state index is 12.6. The summed E-state index contributed by atoms with van der Waals surface area (Å²) >= 11 is 3.27. The van der Waals surface area contributed by atoms with Gasteiger partial charge in [0.05, 0.1) is 13.2 Å². The molecule has 0 radical (unpaired) electrons. The number of carbonyl (C=O) groups excluding carboxylic acids is 1. The Kier molecular flexibility index (Phi) is 5.74. The summed E-state index contributed by atoms with van der Waals surface area (Å²) < 4.78 is 8.57. The van der Waals surface area contributed by atoms with Gasteiger partial charge in [-0.05, 0) is 33.6 Å². The van der Waals surface area contributed by atoms with Crippen LogP contribution in [-0.2, 0) is 29.7 Å². The zero-order chi connectivity index (χ0) is 20.4. The Balaban J connectivity index is 1.41. The van der Waals surface area contributed by atoms with Crippen molar-refractivity contribution in [3.8, 4) is 0 Å². The number of aryl methyl sites for hydroxylation is 1. The van der Waals surface area contributed by atoms with Gasteiger partial charge in [0.15, 0.2) is 5.65 Å². The molecule has 1 aliphatic heterocycles. The lowest BCUT2D eigenvalue weighted by Gasteiger charge is -2.26. The Morgan fingerprint density at radius 1 is 1.24 bits per heavy atom. The summed E-state index contributed by atoms with van der Waals surface area (Å²) in [5.74, 6) is -0.297. The van der Waals surface area contributed by atoms with Crippen LogP contribution in [0.3, 0.4) is 0 Å². The lowest BCUT2D eigenvalue weighted by molar-refractivity contribution is -0.116. The van der Waals surface area contributed by atoms with Crippen LogP contribution in [0.15, 0.2) is 40.0 Å². The van der Waals surface area contributed by atoms with Gasteiger partial charge < -0.3 is 10.1 Å². The Labute approximate surface area is 175 Å². The minimum Gasteiger partial charge on any atom is -0.379 e. The second-order valence-corrected chi connectivity index (χ2v) is 7.68. The van der Waals surface area contributed by atoms with Gasteiger partial charge in [0.25, 0.3) is 5.56 Å². The van der Waals surface area contributed by atoms with Gasteiger partial charge >= 0.3 is 0 Å². The first-order chi connectivity index (χ1) is 14.0. The number of fused-ring (bicyclic) bond motifs is 1. The molecule has 1 amide bonds. The summed E-state index contributed by atoms with van der Waals surface area (Å²) in [5, 5.41) is 7.32. The van der Waals surface area contributed by atoms with Crippen molar-refractivity contribution in [1.82, 2.24) is 24.2 Å². The molecule has 0 bridgehead atoms. The lowest BCUT2D eigenvalue weighted by atomic mass is 10.2. The number of halogens is 1. The molecule has 10 heteroatoms. The van der Waals surface area contributed by atoms with Crippen LogP contribution in [0.4, 0.5) is 5.69 Å². The van der Waals surface area contributed by atoms with Crippen LogP contribution in [0.25, 0.3) is 11.0 Å². The maximum Gasteiger partial charge on any atom is 0.266 e. The predicted molar refractivity (Wildman–Crippen MR) is 112 cm³/mol. The molecule has 3 aromatic rings. The Morgan fingerprint density at radius 2 is 1.97 bits per heavy atom. The fourth-order valence-electron chi connectivity index (χ4n) is 3.31. The number of morpholine rings is 1. The van der Waals surface area contributed by atoms with Gasteiger partial charge in [-0.3, -0.25) is 19.1 Å². The van der Waals surface area contributed by atoms with E-state index in [-0.39, 0.29) is 18.0 Å². The quantitative estimate of drug-likeness (QED) is 0.617. The third-order valence-electron chi connectivity index (χ3n) is 4.83. The van der Waals surface area contributed by atoms with Gasteiger partial charge in [0, 0.05) is 32.4 Å². The van der Waals surface area contributed by atoms with Crippen molar-refractivity contribution < 1.29 is 9.53 Å². The summed E-state index contributed by atoms with van der Waals surface area (Å²) in [5.41, 5.74) is 2.02. The molecular formula is C19H21BrN6O3. The fraction of sp³-hybridized carbons (Fsp3) is 0.368. The molecule has 0 atom stereocenters. The van der Waals surface area contributed by atoms with E-state index in [1.807, 2.05) is 24.3 Å². The zero-order valence-corrected chi connectivity index (χ0v) is 17.6. The summed E-state index contributed by atoms with van der Waals surface area (Å²) in [7, 11) is 1.71. The predicted octanol–water partition coefficient (Wildman–Crippen LogP) is 1.36. The van der Waals surface area contributed by atoms with Gasteiger partial charge in [-0.1, -0.05) is 12.1 Å². The number of aromatic nitrogens is 4. The molecule has 0 unspecified atom stereocenters. The Bertz CT molecular complexity index is 1090. The normalized spacial score (nSPS) is 15.0. The number of carbonyl (C=O) groups is 1. The van der Waals surface area contributed by atoms with Crippen molar-refractivity contribution in [3.63, 3.8) is 0 Å². The molecule has 0 saturated carbocycles. The topological polar surface area (TPSA) is 94.3 Å². The number of hydrogen-bond acceptors (Lipinski definition) is 6. The van der Waals surface area contributed by atoms with E-state index in [1.54, 1.807) is 7.05 Å². The van der Waals surface area contributed by atoms with Crippen molar-refractivity contribution in [2.75, 3.05) is 31.6 Å². The first-order valence-corrected chi connectivity index (χ1v) is 10.1. The van der Waals surface area contributed by atoms with Gasteiger partial charge in [-0.2, -0.15) is 5.10 Å². The molecule has 9 nitrogen and oxygen atoms in total. The van der Waals surface area contributed by atoms with E-state index in [9.17, 15) is 9.59 Å². The van der Waals surface area contributed by atoms with Crippen LogP contribution in [-0.4, -0.2) is 56.4 Å². The van der Waals surface area contributed by atoms with E-state index in [2.05, 4.69) is 36.2 Å². The highest BCUT2D eigenvalue weighted by molar-refractivity contribution is 9.10. The minimum atomic E-state index is -0.314. The summed E-state index contributed by atoms with van der Waals surface area (Å²) in [6, 6.07) is 7.74. The first-order valence-electron chi connectivity index (χ1n) is 9.28. The summed E-state index contributed by atoms with van der Waals surface area (Å²) in [6.45, 7) is 4.13. The monoisotopic (exact) mass is 460 g/mol. The molecular weight excluding hydrogens is 440 g/mol. The standard InChI is InChI=1S/C19H21BrN6O3/c1-24-18-16(17(20)23-24)19(28)26(12-21-18)11-15(27)22-14-4-2-13(3-5-14)10-25-6-8-29-9-7-25/h2-5,12H,6-11H2,1H3,(H,22,27). The highest BCUT2D eigenvalue weighted by atomic mass is 79.9. The summed E-state index contributed by atoms with van der Waals surface area (Å²) in [4.78, 5) is 31.6. The van der Waals surface area contributed by atoms with E-state index in [4.69, 9.17) is 4.74 Å². The number of ether oxygens (including phenoxy) is 1. The number of nitrogens with one attached hydrogen (secondary N) is 1. The molecule has 29 heavy (non-hydrogen) atoms. The molecule has 3 heterocycles. The SMILES string of the molecule is Cn1nc(Br)c2c(=O)n(CC(=O)Nc3ccc(CN4CCOCC4)cc3)cnc21. The van der Waals surface area contributed by atoms with Crippen LogP contribution >= 0.6 is 15.9 Å². The second-order valence-electron chi connectivity index (χ2n) is 6.92. The maximum absolute atomic E-state index is 12.6. The molecule has 1 N–H and O–H groups in total. The van der Waals surface area contributed by atoms with Crippen molar-refractivity contribution >= 4 is 38.6 Å². The van der Waals surface area contributed by atoms with Gasteiger partial charge in [-0.25, -0.2) is 9.67 Å². The van der Waals surface area contributed by atoms with Crippen molar-refractivity contribution in [2.45, 2.75) is 13.1 Å².